The van der Waals surface area contributed by atoms with Crippen LogP contribution < -0.4 is 10.2 Å². The topological polar surface area (TPSA) is 48.5 Å². The number of carbonyl (C=O) groups excluding carboxylic acids is 1. The lowest BCUT2D eigenvalue weighted by atomic mass is 9.81. The molecule has 1 aliphatic rings. The summed E-state index contributed by atoms with van der Waals surface area (Å²) in [4.78, 5) is 22.4. The number of aryl methyl sites for hydroxylation is 1. The van der Waals surface area contributed by atoms with Crippen molar-refractivity contribution >= 4 is 17.4 Å². The summed E-state index contributed by atoms with van der Waals surface area (Å²) >= 11 is 0. The average Bonchev–Trinajstić information content (AvgIpc) is 2.88. The van der Waals surface area contributed by atoms with Crippen LogP contribution in [0, 0.1) is 6.92 Å². The number of hydrogen-bond donors (Lipinski definition) is 1. The molecule has 0 spiro atoms. The van der Waals surface area contributed by atoms with Crippen molar-refractivity contribution in [3.63, 3.8) is 0 Å². The van der Waals surface area contributed by atoms with Gasteiger partial charge in [0.15, 0.2) is 0 Å². The summed E-state index contributed by atoms with van der Waals surface area (Å²) in [5, 5.41) is 2.74. The molecule has 1 aliphatic heterocycles. The van der Waals surface area contributed by atoms with Crippen molar-refractivity contribution in [1.82, 2.24) is 9.88 Å². The molecule has 5 nitrogen and oxygen atoms in total. The molecule has 1 N–H and O–H groups in total. The third kappa shape index (κ3) is 6.24. The summed E-state index contributed by atoms with van der Waals surface area (Å²) in [6.45, 7) is 7.70. The highest BCUT2D eigenvalue weighted by Crippen LogP contribution is 2.40. The van der Waals surface area contributed by atoms with Crippen LogP contribution in [-0.2, 0) is 22.6 Å². The predicted octanol–water partition coefficient (Wildman–Crippen LogP) is 6.76. The minimum atomic E-state index is -5.02. The largest absolute Gasteiger partial charge is 0.416 e. The van der Waals surface area contributed by atoms with Gasteiger partial charge in [-0.25, -0.2) is 4.98 Å². The molecule has 1 amide bonds. The predicted molar refractivity (Wildman–Crippen MR) is 142 cm³/mol. The van der Waals surface area contributed by atoms with E-state index in [0.717, 1.165) is 37.3 Å². The fraction of sp³-hybridized carbons (Fsp3) is 0.379. The number of likely N-dealkylation sites (N-methyl/N-ethyl adjacent to an activating group) is 1. The number of halogens is 6. The third-order valence-corrected chi connectivity index (χ3v) is 7.28. The van der Waals surface area contributed by atoms with E-state index in [-0.39, 0.29) is 6.07 Å². The Hall–Kier alpha value is -3.60. The van der Waals surface area contributed by atoms with Crippen LogP contribution in [0.25, 0.3) is 11.1 Å². The second-order valence-electron chi connectivity index (χ2n) is 10.6. The highest BCUT2D eigenvalue weighted by molar-refractivity contribution is 6.01. The Kier molecular flexibility index (Phi) is 7.90. The van der Waals surface area contributed by atoms with Crippen LogP contribution in [0.4, 0.5) is 37.8 Å². The maximum Gasteiger partial charge on any atom is 0.416 e. The molecule has 1 saturated heterocycles. The Morgan fingerprint density at radius 1 is 0.825 bits per heavy atom. The Balaban J connectivity index is 1.74. The zero-order valence-electron chi connectivity index (χ0n) is 22.5. The van der Waals surface area contributed by atoms with Crippen molar-refractivity contribution in [2.24, 2.45) is 0 Å². The number of pyridine rings is 1. The van der Waals surface area contributed by atoms with Crippen LogP contribution in [0.1, 0.15) is 36.1 Å². The first kappa shape index (κ1) is 29.4. The molecule has 0 saturated carbocycles. The zero-order valence-corrected chi connectivity index (χ0v) is 22.5. The van der Waals surface area contributed by atoms with Gasteiger partial charge >= 0.3 is 12.4 Å². The molecule has 0 atom stereocenters. The van der Waals surface area contributed by atoms with Crippen molar-refractivity contribution in [3.05, 3.63) is 77.0 Å². The molecule has 4 rings (SSSR count). The van der Waals surface area contributed by atoms with Gasteiger partial charge in [-0.05, 0) is 68.8 Å². The van der Waals surface area contributed by atoms with Gasteiger partial charge in [-0.1, -0.05) is 24.3 Å². The molecule has 0 unspecified atom stereocenters. The van der Waals surface area contributed by atoms with Gasteiger partial charge in [0.1, 0.15) is 5.82 Å². The molecule has 0 radical (unpaired) electrons. The minimum absolute atomic E-state index is 0.0504. The molecule has 1 aromatic heterocycles. The van der Waals surface area contributed by atoms with E-state index in [9.17, 15) is 31.1 Å². The van der Waals surface area contributed by atoms with Crippen LogP contribution in [0.2, 0.25) is 0 Å². The quantitative estimate of drug-likeness (QED) is 0.348. The van der Waals surface area contributed by atoms with Gasteiger partial charge in [-0.2, -0.15) is 26.3 Å². The van der Waals surface area contributed by atoms with Gasteiger partial charge in [-0.3, -0.25) is 4.79 Å². The van der Waals surface area contributed by atoms with Crippen LogP contribution >= 0.6 is 0 Å². The number of amides is 1. The van der Waals surface area contributed by atoms with E-state index in [0.29, 0.717) is 29.2 Å². The number of nitrogens with zero attached hydrogens (tertiary/aromatic N) is 3. The first-order valence-corrected chi connectivity index (χ1v) is 12.7. The van der Waals surface area contributed by atoms with Gasteiger partial charge in [0.2, 0.25) is 5.91 Å². The van der Waals surface area contributed by atoms with Crippen molar-refractivity contribution in [2.75, 3.05) is 43.4 Å². The Morgan fingerprint density at radius 3 is 1.93 bits per heavy atom. The number of rotatable bonds is 5. The van der Waals surface area contributed by atoms with Crippen LogP contribution in [0.3, 0.4) is 0 Å². The second kappa shape index (κ2) is 10.8. The van der Waals surface area contributed by atoms with Gasteiger partial charge in [0.25, 0.3) is 0 Å². The highest BCUT2D eigenvalue weighted by atomic mass is 19.4. The smallest absolute Gasteiger partial charge is 0.354 e. The van der Waals surface area contributed by atoms with E-state index in [1.165, 1.54) is 20.0 Å². The number of hydrogen-bond acceptors (Lipinski definition) is 4. The highest BCUT2D eigenvalue weighted by Gasteiger charge is 2.40. The molecule has 2 aromatic carbocycles. The van der Waals surface area contributed by atoms with E-state index in [4.69, 9.17) is 0 Å². The molecule has 11 heteroatoms. The molecule has 1 fully saturated rings. The van der Waals surface area contributed by atoms with Gasteiger partial charge in [0.05, 0.1) is 28.4 Å². The molecule has 40 heavy (non-hydrogen) atoms. The molecule has 0 aliphatic carbocycles. The number of anilines is 2. The van der Waals surface area contributed by atoms with Crippen molar-refractivity contribution in [1.29, 1.82) is 0 Å². The van der Waals surface area contributed by atoms with Gasteiger partial charge in [0, 0.05) is 31.7 Å². The zero-order chi connectivity index (χ0) is 29.5. The lowest BCUT2D eigenvalue weighted by molar-refractivity contribution is -0.143. The molecule has 214 valence electrons. The first-order chi connectivity index (χ1) is 18.6. The summed E-state index contributed by atoms with van der Waals surface area (Å²) in [5.74, 6) is -0.0692. The molecule has 3 aromatic rings. The summed E-state index contributed by atoms with van der Waals surface area (Å²) in [5.41, 5.74) is -2.44. The fourth-order valence-electron chi connectivity index (χ4n) is 4.58. The summed E-state index contributed by atoms with van der Waals surface area (Å²) in [6, 6.07) is 10.6. The summed E-state index contributed by atoms with van der Waals surface area (Å²) in [7, 11) is 2.03. The number of nitrogens with one attached hydrogen (secondary N) is 1. The van der Waals surface area contributed by atoms with Crippen LogP contribution in [0.15, 0.2) is 54.7 Å². The van der Waals surface area contributed by atoms with E-state index in [2.05, 4.69) is 20.1 Å². The minimum Gasteiger partial charge on any atom is -0.354 e. The summed E-state index contributed by atoms with van der Waals surface area (Å²) < 4.78 is 80.9. The number of carbonyl (C=O) groups is 1. The van der Waals surface area contributed by atoms with Crippen molar-refractivity contribution in [2.45, 2.75) is 38.5 Å². The average molecular weight is 565 g/mol. The van der Waals surface area contributed by atoms with E-state index in [1.807, 2.05) is 44.3 Å². The molecular weight excluding hydrogens is 534 g/mol. The lowest BCUT2D eigenvalue weighted by Gasteiger charge is -2.33. The Bertz CT molecular complexity index is 1360. The summed E-state index contributed by atoms with van der Waals surface area (Å²) in [6.07, 6.45) is -8.57. The third-order valence-electron chi connectivity index (χ3n) is 7.28. The van der Waals surface area contributed by atoms with E-state index < -0.39 is 40.4 Å². The van der Waals surface area contributed by atoms with Crippen LogP contribution in [-0.4, -0.2) is 49.0 Å². The van der Waals surface area contributed by atoms with Crippen molar-refractivity contribution < 1.29 is 31.1 Å². The number of piperazine rings is 1. The Labute approximate surface area is 228 Å². The number of benzene rings is 2. The molecule has 2 heterocycles. The van der Waals surface area contributed by atoms with E-state index >= 15 is 0 Å². The SMILES string of the molecule is Cc1ccccc1-c1cc(N2CCN(C)CC2)ncc1NC(=O)C(C)(C)c1cc(C(F)(F)F)cc(C(F)(F)F)c1. The standard InChI is InChI=1S/C29H30F6N4O/c1-18-7-5-6-8-22(18)23-16-25(39-11-9-38(4)10-12-39)36-17-24(23)37-26(40)27(2,3)19-13-20(28(30,31)32)15-21(14-19)29(33,34)35/h5-8,13-17H,9-12H2,1-4H3,(H,37,40). The van der Waals surface area contributed by atoms with Gasteiger partial charge in [-0.15, -0.1) is 0 Å². The first-order valence-electron chi connectivity index (χ1n) is 12.7. The Morgan fingerprint density at radius 2 is 1.38 bits per heavy atom. The van der Waals surface area contributed by atoms with E-state index in [1.54, 1.807) is 0 Å². The maximum atomic E-state index is 13.5. The van der Waals surface area contributed by atoms with Crippen LogP contribution in [0.5, 0.6) is 0 Å². The van der Waals surface area contributed by atoms with Crippen molar-refractivity contribution in [3.8, 4) is 11.1 Å². The fourth-order valence-corrected chi connectivity index (χ4v) is 4.58. The monoisotopic (exact) mass is 564 g/mol. The number of alkyl halides is 6. The number of aromatic nitrogens is 1. The molecular formula is C29H30F6N4O. The second-order valence-corrected chi connectivity index (χ2v) is 10.6. The normalized spacial score (nSPS) is 15.3. The molecule has 0 bridgehead atoms. The van der Waals surface area contributed by atoms with Gasteiger partial charge < -0.3 is 15.1 Å². The maximum absolute atomic E-state index is 13.5. The lowest BCUT2D eigenvalue weighted by Crippen LogP contribution is -2.44.